The fourth-order valence-corrected chi connectivity index (χ4v) is 5.54. The van der Waals surface area contributed by atoms with Gasteiger partial charge in [0.1, 0.15) is 5.49 Å². The van der Waals surface area contributed by atoms with Crippen molar-refractivity contribution in [3.05, 3.63) is 74.3 Å². The monoisotopic (exact) mass is 589 g/mol. The van der Waals surface area contributed by atoms with Crippen LogP contribution in [0, 0.1) is 20.8 Å². The highest BCUT2D eigenvalue weighted by Gasteiger charge is 2.25. The predicted octanol–water partition coefficient (Wildman–Crippen LogP) is 2.80. The number of hydroxylamine groups is 2. The van der Waals surface area contributed by atoms with Gasteiger partial charge in [0.2, 0.25) is 0 Å². The van der Waals surface area contributed by atoms with E-state index in [2.05, 4.69) is 10.3 Å². The summed E-state index contributed by atoms with van der Waals surface area (Å²) in [6.07, 6.45) is 0.594. The number of nitrogens with zero attached hydrogens (tertiary/aromatic N) is 7. The highest BCUT2D eigenvalue weighted by molar-refractivity contribution is 5.93. The molecule has 0 atom stereocenters. The molecule has 2 N–H and O–H groups in total. The number of benzene rings is 2. The molecule has 0 radical (unpaired) electrons. The highest BCUT2D eigenvalue weighted by atomic mass is 16.5. The number of hydrogen-bond donors (Lipinski definition) is 2. The summed E-state index contributed by atoms with van der Waals surface area (Å²) in [6, 6.07) is 9.73. The second-order valence-corrected chi connectivity index (χ2v) is 10.5. The second-order valence-electron chi connectivity index (χ2n) is 10.5. The summed E-state index contributed by atoms with van der Waals surface area (Å²) in [4.78, 5) is 31.9. The van der Waals surface area contributed by atoms with Crippen LogP contribution < -0.4 is 20.7 Å². The van der Waals surface area contributed by atoms with Crippen LogP contribution in [0.1, 0.15) is 39.7 Å². The summed E-state index contributed by atoms with van der Waals surface area (Å²) in [6.45, 7) is 8.42. The van der Waals surface area contributed by atoms with E-state index in [1.54, 1.807) is 11.7 Å². The number of carbonyl (C=O) groups excluding carboxylic acids is 1. The Morgan fingerprint density at radius 3 is 2.47 bits per heavy atom. The molecule has 2 aromatic heterocycles. The zero-order valence-corrected chi connectivity index (χ0v) is 25.1. The molecule has 13 nitrogen and oxygen atoms in total. The SMILES string of the molecule is CCOc1cc2c(cc1OC)-c1cc(=Nc3c(C)cc(C)cc3C)n(CCN(O)C(=O)c3c(O)nnn3C)c(=O)n1CC2. The van der Waals surface area contributed by atoms with Crippen LogP contribution in [0.15, 0.2) is 40.1 Å². The quantitative estimate of drug-likeness (QED) is 0.235. The smallest absolute Gasteiger partial charge is 0.330 e. The summed E-state index contributed by atoms with van der Waals surface area (Å²) in [5, 5.41) is 28.0. The number of fused-ring (bicyclic) bond motifs is 3. The summed E-state index contributed by atoms with van der Waals surface area (Å²) >= 11 is 0. The molecular formula is C30H35N7O6. The van der Waals surface area contributed by atoms with Crippen LogP contribution in [0.2, 0.25) is 0 Å². The van der Waals surface area contributed by atoms with Crippen molar-refractivity contribution >= 4 is 11.6 Å². The van der Waals surface area contributed by atoms with Crippen molar-refractivity contribution in [2.24, 2.45) is 12.0 Å². The van der Waals surface area contributed by atoms with Crippen molar-refractivity contribution in [2.75, 3.05) is 20.3 Å². The lowest BCUT2D eigenvalue weighted by Crippen LogP contribution is -2.44. The van der Waals surface area contributed by atoms with Gasteiger partial charge in [0.05, 0.1) is 31.6 Å². The number of aromatic nitrogens is 5. The molecule has 0 saturated heterocycles. The van der Waals surface area contributed by atoms with Crippen molar-refractivity contribution in [1.82, 2.24) is 29.2 Å². The van der Waals surface area contributed by atoms with Crippen LogP contribution in [-0.4, -0.2) is 65.7 Å². The van der Waals surface area contributed by atoms with E-state index in [1.807, 2.05) is 58.0 Å². The third-order valence-electron chi connectivity index (χ3n) is 7.51. The first kappa shape index (κ1) is 29.6. The molecule has 0 unspecified atom stereocenters. The fraction of sp³-hybridized carbons (Fsp3) is 0.367. The lowest BCUT2D eigenvalue weighted by molar-refractivity contribution is -0.0611. The molecule has 0 spiro atoms. The molecule has 2 aromatic carbocycles. The van der Waals surface area contributed by atoms with Gasteiger partial charge in [-0.15, -0.1) is 0 Å². The van der Waals surface area contributed by atoms with Crippen LogP contribution in [0.4, 0.5) is 5.69 Å². The topological polar surface area (TPSA) is 149 Å². The maximum Gasteiger partial charge on any atom is 0.330 e. The molecule has 1 amide bonds. The van der Waals surface area contributed by atoms with Gasteiger partial charge in [-0.2, -0.15) is 0 Å². The number of aryl methyl sites for hydroxylation is 5. The maximum absolute atomic E-state index is 14.1. The lowest BCUT2D eigenvalue weighted by atomic mass is 9.97. The van der Waals surface area contributed by atoms with E-state index < -0.39 is 11.8 Å². The average Bonchev–Trinajstić information content (AvgIpc) is 3.30. The molecule has 5 rings (SSSR count). The van der Waals surface area contributed by atoms with Gasteiger partial charge >= 0.3 is 11.6 Å². The van der Waals surface area contributed by atoms with Gasteiger partial charge in [-0.1, -0.05) is 28.0 Å². The van der Waals surface area contributed by atoms with Crippen LogP contribution in [0.25, 0.3) is 11.3 Å². The minimum atomic E-state index is -0.904. The molecule has 0 fully saturated rings. The van der Waals surface area contributed by atoms with Crippen molar-refractivity contribution in [3.63, 3.8) is 0 Å². The zero-order chi connectivity index (χ0) is 31.0. The minimum Gasteiger partial charge on any atom is -0.493 e. The lowest BCUT2D eigenvalue weighted by Gasteiger charge is -2.25. The molecule has 4 aromatic rings. The first-order chi connectivity index (χ1) is 20.5. The van der Waals surface area contributed by atoms with Gasteiger partial charge in [-0.3, -0.25) is 19.1 Å². The number of carbonyl (C=O) groups is 1. The van der Waals surface area contributed by atoms with Gasteiger partial charge in [0, 0.05) is 31.8 Å². The molecule has 13 heteroatoms. The van der Waals surface area contributed by atoms with Crippen molar-refractivity contribution < 1.29 is 24.6 Å². The van der Waals surface area contributed by atoms with E-state index in [1.165, 1.54) is 11.6 Å². The van der Waals surface area contributed by atoms with Gasteiger partial charge in [0.25, 0.3) is 5.88 Å². The molecule has 1 aliphatic heterocycles. The minimum absolute atomic E-state index is 0.0738. The third kappa shape index (κ3) is 5.50. The van der Waals surface area contributed by atoms with Gasteiger partial charge in [0.15, 0.2) is 17.2 Å². The number of aromatic hydroxyl groups is 1. The van der Waals surface area contributed by atoms with Crippen LogP contribution in [0.3, 0.4) is 0 Å². The molecule has 1 aliphatic rings. The largest absolute Gasteiger partial charge is 0.493 e. The normalized spacial score (nSPS) is 12.6. The Kier molecular flexibility index (Phi) is 8.09. The van der Waals surface area contributed by atoms with E-state index in [9.17, 15) is 19.9 Å². The summed E-state index contributed by atoms with van der Waals surface area (Å²) in [7, 11) is 3.00. The summed E-state index contributed by atoms with van der Waals surface area (Å²) in [5.41, 5.74) is 5.99. The molecule has 43 heavy (non-hydrogen) atoms. The highest BCUT2D eigenvalue weighted by Crippen LogP contribution is 2.37. The Balaban J connectivity index is 1.65. The summed E-state index contributed by atoms with van der Waals surface area (Å²) < 4.78 is 15.6. The van der Waals surface area contributed by atoms with Crippen molar-refractivity contribution in [1.29, 1.82) is 0 Å². The summed E-state index contributed by atoms with van der Waals surface area (Å²) in [5.74, 6) is -0.304. The molecule has 226 valence electrons. The molecule has 0 bridgehead atoms. The maximum atomic E-state index is 14.1. The number of hydrogen-bond acceptors (Lipinski definition) is 9. The van der Waals surface area contributed by atoms with Gasteiger partial charge in [-0.25, -0.2) is 19.5 Å². The first-order valence-electron chi connectivity index (χ1n) is 13.9. The number of methoxy groups -OCH3 is 1. The van der Waals surface area contributed by atoms with E-state index in [4.69, 9.17) is 14.5 Å². The fourth-order valence-electron chi connectivity index (χ4n) is 5.54. The Hall–Kier alpha value is -4.91. The number of rotatable bonds is 8. The van der Waals surface area contributed by atoms with Crippen molar-refractivity contribution in [2.45, 2.75) is 47.2 Å². The number of ether oxygens (including phenoxy) is 2. The standard InChI is InChI=1S/C30H35N7O6/c1-7-43-24-14-20-8-9-35-22(21(20)15-23(24)42-6)16-25(31-26-18(3)12-17(2)13-19(26)4)36(30(35)40)10-11-37(41)29(39)27-28(38)32-33-34(27)5/h12-16,38,41H,7-11H2,1-6H3. The first-order valence-corrected chi connectivity index (χ1v) is 13.9. The Bertz CT molecular complexity index is 1810. The zero-order valence-electron chi connectivity index (χ0n) is 25.1. The van der Waals surface area contributed by atoms with Crippen molar-refractivity contribution in [3.8, 4) is 28.6 Å². The van der Waals surface area contributed by atoms with E-state index in [-0.39, 0.29) is 24.5 Å². The average molecular weight is 590 g/mol. The predicted molar refractivity (Wildman–Crippen MR) is 157 cm³/mol. The van der Waals surface area contributed by atoms with E-state index >= 15 is 0 Å². The molecule has 0 saturated carbocycles. The van der Waals surface area contributed by atoms with Crippen LogP contribution >= 0.6 is 0 Å². The Morgan fingerprint density at radius 2 is 1.84 bits per heavy atom. The van der Waals surface area contributed by atoms with E-state index in [0.717, 1.165) is 38.2 Å². The van der Waals surface area contributed by atoms with E-state index in [0.29, 0.717) is 47.3 Å². The van der Waals surface area contributed by atoms with Crippen LogP contribution in [0.5, 0.6) is 17.4 Å². The molecule has 0 aliphatic carbocycles. The second kappa shape index (κ2) is 11.8. The third-order valence-corrected chi connectivity index (χ3v) is 7.51. The van der Waals surface area contributed by atoms with Gasteiger partial charge in [-0.05, 0) is 62.9 Å². The Morgan fingerprint density at radius 1 is 1.12 bits per heavy atom. The van der Waals surface area contributed by atoms with Crippen LogP contribution in [-0.2, 0) is 26.6 Å². The van der Waals surface area contributed by atoms with Gasteiger partial charge < -0.3 is 14.6 Å². The molecular weight excluding hydrogens is 554 g/mol. The molecule has 3 heterocycles. The Labute approximate surface area is 247 Å². The number of amides is 1.